The van der Waals surface area contributed by atoms with E-state index in [1.54, 1.807) is 0 Å². The lowest BCUT2D eigenvalue weighted by atomic mass is 9.90. The first-order valence-corrected chi connectivity index (χ1v) is 8.59. The van der Waals surface area contributed by atoms with Crippen LogP contribution in [0.4, 0.5) is 0 Å². The standard InChI is InChI=1S/C17H36N2/c1-5-17(6-2)15-19(14-12-18-17)13-10-8-7-9-11-16(3)4/h16,18H,5-15H2,1-4H3. The lowest BCUT2D eigenvalue weighted by Crippen LogP contribution is -2.59. The molecule has 1 fully saturated rings. The van der Waals surface area contributed by atoms with Crippen LogP contribution in [0.3, 0.4) is 0 Å². The smallest absolute Gasteiger partial charge is 0.0304 e. The van der Waals surface area contributed by atoms with Crippen molar-refractivity contribution in [2.45, 2.75) is 78.2 Å². The maximum Gasteiger partial charge on any atom is 0.0304 e. The van der Waals surface area contributed by atoms with Gasteiger partial charge in [-0.15, -0.1) is 0 Å². The molecule has 2 heteroatoms. The number of rotatable bonds is 9. The highest BCUT2D eigenvalue weighted by atomic mass is 15.2. The summed E-state index contributed by atoms with van der Waals surface area (Å²) in [4.78, 5) is 2.69. The number of hydrogen-bond donors (Lipinski definition) is 1. The summed E-state index contributed by atoms with van der Waals surface area (Å²) in [6.07, 6.45) is 9.58. The first-order valence-electron chi connectivity index (χ1n) is 8.59. The molecule has 0 saturated carbocycles. The Morgan fingerprint density at radius 3 is 2.37 bits per heavy atom. The summed E-state index contributed by atoms with van der Waals surface area (Å²) >= 11 is 0. The van der Waals surface area contributed by atoms with Crippen LogP contribution in [0.15, 0.2) is 0 Å². The zero-order valence-corrected chi connectivity index (χ0v) is 13.8. The summed E-state index contributed by atoms with van der Waals surface area (Å²) < 4.78 is 0. The maximum absolute atomic E-state index is 3.74. The quantitative estimate of drug-likeness (QED) is 0.635. The van der Waals surface area contributed by atoms with Crippen molar-refractivity contribution in [2.75, 3.05) is 26.2 Å². The second-order valence-corrected chi connectivity index (χ2v) is 6.79. The van der Waals surface area contributed by atoms with Crippen LogP contribution < -0.4 is 5.32 Å². The normalized spacial score (nSPS) is 20.1. The second kappa shape index (κ2) is 8.97. The molecule has 1 N–H and O–H groups in total. The van der Waals surface area contributed by atoms with Crippen molar-refractivity contribution in [1.29, 1.82) is 0 Å². The molecule has 0 aromatic carbocycles. The minimum atomic E-state index is 0.399. The molecule has 1 rings (SSSR count). The van der Waals surface area contributed by atoms with Gasteiger partial charge in [-0.05, 0) is 31.7 Å². The van der Waals surface area contributed by atoms with Gasteiger partial charge in [0.2, 0.25) is 0 Å². The predicted molar refractivity (Wildman–Crippen MR) is 85.7 cm³/mol. The maximum atomic E-state index is 3.74. The Bertz CT molecular complexity index is 221. The van der Waals surface area contributed by atoms with Crippen molar-refractivity contribution in [1.82, 2.24) is 10.2 Å². The van der Waals surface area contributed by atoms with E-state index in [0.717, 1.165) is 5.92 Å². The molecule has 0 unspecified atom stereocenters. The molecule has 19 heavy (non-hydrogen) atoms. The fourth-order valence-electron chi connectivity index (χ4n) is 3.20. The Morgan fingerprint density at radius 1 is 1.05 bits per heavy atom. The van der Waals surface area contributed by atoms with Gasteiger partial charge in [0.1, 0.15) is 0 Å². The second-order valence-electron chi connectivity index (χ2n) is 6.79. The lowest BCUT2D eigenvalue weighted by molar-refractivity contribution is 0.122. The van der Waals surface area contributed by atoms with Crippen LogP contribution in [0, 0.1) is 5.92 Å². The molecule has 1 heterocycles. The van der Waals surface area contributed by atoms with E-state index >= 15 is 0 Å². The van der Waals surface area contributed by atoms with E-state index in [0.29, 0.717) is 5.54 Å². The minimum Gasteiger partial charge on any atom is -0.309 e. The van der Waals surface area contributed by atoms with Crippen LogP contribution >= 0.6 is 0 Å². The Balaban J connectivity index is 2.12. The summed E-state index contributed by atoms with van der Waals surface area (Å²) in [5.74, 6) is 0.878. The number of piperazine rings is 1. The van der Waals surface area contributed by atoms with E-state index in [1.807, 2.05) is 0 Å². The highest BCUT2D eigenvalue weighted by molar-refractivity contribution is 4.92. The van der Waals surface area contributed by atoms with E-state index in [2.05, 4.69) is 37.9 Å². The average Bonchev–Trinajstić information content (AvgIpc) is 2.42. The van der Waals surface area contributed by atoms with Gasteiger partial charge >= 0.3 is 0 Å². The molecule has 1 aliphatic heterocycles. The number of nitrogens with one attached hydrogen (secondary N) is 1. The van der Waals surface area contributed by atoms with Crippen LogP contribution in [0.5, 0.6) is 0 Å². The predicted octanol–water partition coefficient (Wildman–Crippen LogP) is 4.06. The van der Waals surface area contributed by atoms with Gasteiger partial charge in [-0.25, -0.2) is 0 Å². The van der Waals surface area contributed by atoms with Crippen LogP contribution in [0.2, 0.25) is 0 Å². The largest absolute Gasteiger partial charge is 0.309 e. The third-order valence-electron chi connectivity index (χ3n) is 4.81. The average molecular weight is 268 g/mol. The molecule has 0 aromatic rings. The minimum absolute atomic E-state index is 0.399. The first kappa shape index (κ1) is 17.0. The molecule has 0 aliphatic carbocycles. The molecular formula is C17H36N2. The third-order valence-corrected chi connectivity index (χ3v) is 4.81. The van der Waals surface area contributed by atoms with Crippen LogP contribution in [-0.4, -0.2) is 36.6 Å². The molecule has 0 amide bonds. The van der Waals surface area contributed by atoms with Crippen LogP contribution in [-0.2, 0) is 0 Å². The molecule has 1 aliphatic rings. The van der Waals surface area contributed by atoms with Gasteiger partial charge in [-0.1, -0.05) is 53.4 Å². The van der Waals surface area contributed by atoms with Crippen molar-refractivity contribution in [3.05, 3.63) is 0 Å². The van der Waals surface area contributed by atoms with E-state index in [1.165, 1.54) is 71.1 Å². The van der Waals surface area contributed by atoms with Crippen LogP contribution in [0.1, 0.15) is 72.6 Å². The fourth-order valence-corrected chi connectivity index (χ4v) is 3.20. The zero-order chi connectivity index (χ0) is 14.1. The first-order chi connectivity index (χ1) is 9.12. The topological polar surface area (TPSA) is 15.3 Å². The Morgan fingerprint density at radius 2 is 1.74 bits per heavy atom. The molecule has 0 aromatic heterocycles. The van der Waals surface area contributed by atoms with Crippen LogP contribution in [0.25, 0.3) is 0 Å². The highest BCUT2D eigenvalue weighted by Crippen LogP contribution is 2.20. The molecule has 0 spiro atoms. The number of unbranched alkanes of at least 4 members (excludes halogenated alkanes) is 3. The van der Waals surface area contributed by atoms with E-state index in [9.17, 15) is 0 Å². The number of nitrogens with zero attached hydrogens (tertiary/aromatic N) is 1. The highest BCUT2D eigenvalue weighted by Gasteiger charge is 2.31. The molecule has 0 radical (unpaired) electrons. The number of hydrogen-bond acceptors (Lipinski definition) is 2. The molecule has 1 saturated heterocycles. The van der Waals surface area contributed by atoms with Gasteiger partial charge in [0, 0.05) is 25.2 Å². The van der Waals surface area contributed by atoms with E-state index in [-0.39, 0.29) is 0 Å². The van der Waals surface area contributed by atoms with Gasteiger partial charge < -0.3 is 10.2 Å². The Labute approximate surface area is 121 Å². The van der Waals surface area contributed by atoms with Crippen molar-refractivity contribution in [3.8, 4) is 0 Å². The van der Waals surface area contributed by atoms with Crippen molar-refractivity contribution in [2.24, 2.45) is 5.92 Å². The van der Waals surface area contributed by atoms with Gasteiger partial charge in [-0.3, -0.25) is 0 Å². The summed E-state index contributed by atoms with van der Waals surface area (Å²) in [7, 11) is 0. The molecule has 114 valence electrons. The molecule has 0 bridgehead atoms. The zero-order valence-electron chi connectivity index (χ0n) is 13.8. The fraction of sp³-hybridized carbons (Fsp3) is 1.00. The molecular weight excluding hydrogens is 232 g/mol. The van der Waals surface area contributed by atoms with Crippen molar-refractivity contribution < 1.29 is 0 Å². The van der Waals surface area contributed by atoms with Crippen molar-refractivity contribution >= 4 is 0 Å². The van der Waals surface area contributed by atoms with Gasteiger partial charge in [0.25, 0.3) is 0 Å². The third kappa shape index (κ3) is 6.27. The van der Waals surface area contributed by atoms with E-state index in [4.69, 9.17) is 0 Å². The van der Waals surface area contributed by atoms with Gasteiger partial charge in [0.15, 0.2) is 0 Å². The Kier molecular flexibility index (Phi) is 8.01. The monoisotopic (exact) mass is 268 g/mol. The lowest BCUT2D eigenvalue weighted by Gasteiger charge is -2.43. The van der Waals surface area contributed by atoms with Gasteiger partial charge in [-0.2, -0.15) is 0 Å². The Hall–Kier alpha value is -0.0800. The molecule has 2 nitrogen and oxygen atoms in total. The van der Waals surface area contributed by atoms with Gasteiger partial charge in [0.05, 0.1) is 0 Å². The summed E-state index contributed by atoms with van der Waals surface area (Å²) in [5.41, 5.74) is 0.399. The summed E-state index contributed by atoms with van der Waals surface area (Å²) in [6, 6.07) is 0. The van der Waals surface area contributed by atoms with E-state index < -0.39 is 0 Å². The molecule has 0 atom stereocenters. The SMILES string of the molecule is CCC1(CC)CN(CCCCCCC(C)C)CCN1. The summed E-state index contributed by atoms with van der Waals surface area (Å²) in [5, 5.41) is 3.74. The summed E-state index contributed by atoms with van der Waals surface area (Å²) in [6.45, 7) is 14.3. The van der Waals surface area contributed by atoms with Crippen molar-refractivity contribution in [3.63, 3.8) is 0 Å².